The first-order valence-corrected chi connectivity index (χ1v) is 15.2. The molecule has 0 nitrogen and oxygen atoms in total. The third-order valence-electron chi connectivity index (χ3n) is 9.34. The summed E-state index contributed by atoms with van der Waals surface area (Å²) in [5.41, 5.74) is 0.620. The molecule has 0 heterocycles. The maximum atomic E-state index is 2.89. The van der Waals surface area contributed by atoms with Gasteiger partial charge in [0.25, 0.3) is 0 Å². The molecule has 4 fully saturated rings. The highest BCUT2D eigenvalue weighted by molar-refractivity contribution is 14.1. The topological polar surface area (TPSA) is 0 Å². The highest BCUT2D eigenvalue weighted by Crippen LogP contribution is 2.72. The van der Waals surface area contributed by atoms with E-state index in [1.54, 1.807) is 12.8 Å². The highest BCUT2D eigenvalue weighted by Gasteiger charge is 2.66. The van der Waals surface area contributed by atoms with Crippen LogP contribution >= 0.6 is 67.8 Å². The zero-order valence-corrected chi connectivity index (χ0v) is 24.2. The predicted molar refractivity (Wildman–Crippen MR) is 143 cm³/mol. The second kappa shape index (κ2) is 8.27. The lowest BCUT2D eigenvalue weighted by molar-refractivity contribution is 0.0687. The van der Waals surface area contributed by atoms with Crippen LogP contribution in [0.4, 0.5) is 0 Å². The van der Waals surface area contributed by atoms with Crippen LogP contribution in [0, 0.1) is 46.8 Å². The molecule has 0 saturated heterocycles. The van der Waals surface area contributed by atoms with Crippen LogP contribution in [-0.4, -0.2) is 11.3 Å². The Labute approximate surface area is 209 Å². The van der Waals surface area contributed by atoms with Gasteiger partial charge >= 0.3 is 0 Å². The van der Waals surface area contributed by atoms with Gasteiger partial charge in [-0.2, -0.15) is 0 Å². The Balaban J connectivity index is 1.64. The lowest BCUT2D eigenvalue weighted by Crippen LogP contribution is -2.40. The van der Waals surface area contributed by atoms with Crippen molar-refractivity contribution in [2.24, 2.45) is 46.8 Å². The molecule has 27 heavy (non-hydrogen) atoms. The summed E-state index contributed by atoms with van der Waals surface area (Å²) in [6.45, 7) is 10.2. The van der Waals surface area contributed by atoms with Crippen LogP contribution in [0.5, 0.6) is 0 Å². The molecule has 4 rings (SSSR count). The predicted octanol–water partition coefficient (Wildman–Crippen LogP) is 8.71. The molecule has 0 aliphatic heterocycles. The summed E-state index contributed by atoms with van der Waals surface area (Å²) in [6.07, 6.45) is 13.5. The van der Waals surface area contributed by atoms with E-state index in [1.807, 2.05) is 0 Å². The summed E-state index contributed by atoms with van der Waals surface area (Å²) in [5, 5.41) is 0. The zero-order chi connectivity index (χ0) is 19.6. The SMILES string of the molecule is CCC1CCC(I)C(C2(C)CC3C(I)CC4CC(CC(C)(C)I)C2C43)CC1. The van der Waals surface area contributed by atoms with Crippen molar-refractivity contribution in [3.63, 3.8) is 0 Å². The van der Waals surface area contributed by atoms with Gasteiger partial charge < -0.3 is 0 Å². The molecule has 0 spiro atoms. The minimum atomic E-state index is 0.463. The fourth-order valence-corrected chi connectivity index (χ4v) is 12.0. The van der Waals surface area contributed by atoms with Crippen LogP contribution in [-0.2, 0) is 0 Å². The quantitative estimate of drug-likeness (QED) is 0.156. The lowest BCUT2D eigenvalue weighted by Gasteiger charge is -2.45. The van der Waals surface area contributed by atoms with Gasteiger partial charge in [-0.05, 0) is 91.8 Å². The van der Waals surface area contributed by atoms with Crippen molar-refractivity contribution in [2.75, 3.05) is 0 Å². The van der Waals surface area contributed by atoms with Gasteiger partial charge in [-0.1, -0.05) is 108 Å². The second-order valence-corrected chi connectivity index (χ2v) is 17.6. The Kier molecular flexibility index (Phi) is 6.86. The first kappa shape index (κ1) is 22.4. The summed E-state index contributed by atoms with van der Waals surface area (Å²) in [6, 6.07) is 0. The molecule has 4 aliphatic rings. The number of alkyl halides is 3. The molecule has 10 unspecified atom stereocenters. The van der Waals surface area contributed by atoms with E-state index in [-0.39, 0.29) is 0 Å². The Bertz CT molecular complexity index is 540. The highest BCUT2D eigenvalue weighted by atomic mass is 127. The molecule has 0 bridgehead atoms. The van der Waals surface area contributed by atoms with Gasteiger partial charge in [0.05, 0.1) is 0 Å². The third kappa shape index (κ3) is 4.16. The van der Waals surface area contributed by atoms with Crippen LogP contribution < -0.4 is 0 Å². The smallest absolute Gasteiger partial charge is 0.0168 e. The van der Waals surface area contributed by atoms with E-state index in [2.05, 4.69) is 95.5 Å². The van der Waals surface area contributed by atoms with Gasteiger partial charge in [-0.15, -0.1) is 0 Å². The molecule has 0 aromatic carbocycles. The van der Waals surface area contributed by atoms with Gasteiger partial charge in [0.2, 0.25) is 0 Å². The minimum Gasteiger partial charge on any atom is -0.0823 e. The van der Waals surface area contributed by atoms with Crippen LogP contribution in [0.25, 0.3) is 0 Å². The molecule has 0 N–H and O–H groups in total. The molecule has 0 aromatic heterocycles. The van der Waals surface area contributed by atoms with Gasteiger partial charge in [0, 0.05) is 11.3 Å². The standard InChI is InChI=1S/C24H39I3/c1-5-14-6-8-18(19(25)9-7-14)24(4)13-17-20(26)11-15-10-16(12-23(2,3)27)22(24)21(15)17/h14-22H,5-13H2,1-4H3. The van der Waals surface area contributed by atoms with E-state index in [1.165, 1.54) is 44.9 Å². The summed E-state index contributed by atoms with van der Waals surface area (Å²) in [7, 11) is 0. The maximum absolute atomic E-state index is 2.89. The summed E-state index contributed by atoms with van der Waals surface area (Å²) in [4.78, 5) is 0. The number of rotatable bonds is 4. The van der Waals surface area contributed by atoms with E-state index in [0.29, 0.717) is 8.84 Å². The molecule has 4 aliphatic carbocycles. The monoisotopic (exact) mass is 708 g/mol. The lowest BCUT2D eigenvalue weighted by atomic mass is 9.62. The van der Waals surface area contributed by atoms with Crippen molar-refractivity contribution in [1.82, 2.24) is 0 Å². The Hall–Kier alpha value is 2.19. The van der Waals surface area contributed by atoms with Crippen molar-refractivity contribution in [2.45, 2.75) is 96.8 Å². The fourth-order valence-electron chi connectivity index (χ4n) is 8.48. The maximum Gasteiger partial charge on any atom is 0.0168 e. The molecule has 0 radical (unpaired) electrons. The normalized spacial score (nSPS) is 52.8. The molecular weight excluding hydrogens is 669 g/mol. The zero-order valence-electron chi connectivity index (χ0n) is 17.7. The van der Waals surface area contributed by atoms with Crippen molar-refractivity contribution in [3.8, 4) is 0 Å². The second-order valence-electron chi connectivity index (χ2n) is 11.5. The molecule has 3 heteroatoms. The number of hydrogen-bond acceptors (Lipinski definition) is 0. The summed E-state index contributed by atoms with van der Waals surface area (Å²) < 4.78 is 2.35. The van der Waals surface area contributed by atoms with Crippen LogP contribution in [0.2, 0.25) is 0 Å². The van der Waals surface area contributed by atoms with Crippen molar-refractivity contribution >= 4 is 67.8 Å². The Morgan fingerprint density at radius 2 is 1.70 bits per heavy atom. The van der Waals surface area contributed by atoms with E-state index in [9.17, 15) is 0 Å². The van der Waals surface area contributed by atoms with Gasteiger partial charge in [0.1, 0.15) is 0 Å². The largest absolute Gasteiger partial charge is 0.0823 e. The van der Waals surface area contributed by atoms with E-state index in [4.69, 9.17) is 0 Å². The summed E-state index contributed by atoms with van der Waals surface area (Å²) in [5.74, 6) is 7.20. The molecule has 0 amide bonds. The number of halogens is 3. The van der Waals surface area contributed by atoms with Crippen molar-refractivity contribution in [3.05, 3.63) is 0 Å². The molecular formula is C24H39I3. The van der Waals surface area contributed by atoms with E-state index < -0.39 is 0 Å². The van der Waals surface area contributed by atoms with E-state index in [0.717, 1.165) is 49.3 Å². The fraction of sp³-hybridized carbons (Fsp3) is 1.00. The first-order valence-electron chi connectivity index (χ1n) is 11.6. The van der Waals surface area contributed by atoms with Gasteiger partial charge in [0.15, 0.2) is 0 Å². The van der Waals surface area contributed by atoms with Crippen molar-refractivity contribution < 1.29 is 0 Å². The average Bonchev–Trinajstić information content (AvgIpc) is 3.10. The molecule has 4 saturated carbocycles. The first-order chi connectivity index (χ1) is 12.6. The van der Waals surface area contributed by atoms with Gasteiger partial charge in [-0.3, -0.25) is 0 Å². The van der Waals surface area contributed by atoms with Crippen LogP contribution in [0.1, 0.15) is 85.5 Å². The average molecular weight is 708 g/mol. The molecule has 10 atom stereocenters. The van der Waals surface area contributed by atoms with Gasteiger partial charge in [-0.25, -0.2) is 0 Å². The van der Waals surface area contributed by atoms with Crippen LogP contribution in [0.3, 0.4) is 0 Å². The van der Waals surface area contributed by atoms with E-state index >= 15 is 0 Å². The Morgan fingerprint density at radius 3 is 2.37 bits per heavy atom. The van der Waals surface area contributed by atoms with Crippen LogP contribution in [0.15, 0.2) is 0 Å². The third-order valence-corrected chi connectivity index (χ3v) is 12.7. The number of hydrogen-bond donors (Lipinski definition) is 0. The molecule has 156 valence electrons. The minimum absolute atomic E-state index is 0.463. The van der Waals surface area contributed by atoms with Crippen molar-refractivity contribution in [1.29, 1.82) is 0 Å². The summed E-state index contributed by atoms with van der Waals surface area (Å²) >= 11 is 8.48. The molecule has 0 aromatic rings. The Morgan fingerprint density at radius 1 is 1.00 bits per heavy atom.